The van der Waals surface area contributed by atoms with Gasteiger partial charge in [0.2, 0.25) is 0 Å². The molecule has 0 saturated heterocycles. The minimum absolute atomic E-state index is 0.0972. The fourth-order valence-corrected chi connectivity index (χ4v) is 8.32. The number of benzene rings is 5. The summed E-state index contributed by atoms with van der Waals surface area (Å²) >= 11 is 2.45. The molecule has 9 rings (SSSR count). The van der Waals surface area contributed by atoms with E-state index in [0.29, 0.717) is 11.5 Å². The molecule has 6 heteroatoms. The van der Waals surface area contributed by atoms with Gasteiger partial charge < -0.3 is 0 Å². The topological polar surface area (TPSA) is 36.9 Å². The van der Waals surface area contributed by atoms with E-state index >= 15 is 0 Å². The average Bonchev–Trinajstić information content (AvgIpc) is 3.65. The molecule has 0 fully saturated rings. The Labute approximate surface area is 278 Å². The van der Waals surface area contributed by atoms with E-state index in [0.717, 1.165) is 37.5 Å². The fourth-order valence-electron chi connectivity index (χ4n) is 7.25. The molecule has 0 radical (unpaired) electrons. The smallest absolute Gasteiger partial charge is 0.0545 e. The molecule has 46 heavy (non-hydrogen) atoms. The zero-order chi connectivity index (χ0) is 31.4. The van der Waals surface area contributed by atoms with Crippen LogP contribution in [-0.2, 0) is 30.2 Å². The second kappa shape index (κ2) is 9.64. The van der Waals surface area contributed by atoms with Gasteiger partial charge in [-0.2, -0.15) is 0 Å². The zero-order valence-electron chi connectivity index (χ0n) is 25.9. The molecule has 228 valence electrons. The van der Waals surface area contributed by atoms with E-state index < -0.39 is 0 Å². The second-order valence-corrected chi connectivity index (χ2v) is 14.1. The molecule has 0 N–H and O–H groups in total. The van der Waals surface area contributed by atoms with E-state index in [2.05, 4.69) is 159 Å². The first-order valence-corrected chi connectivity index (χ1v) is 16.6. The first-order valence-electron chi connectivity index (χ1n) is 15.5. The number of hydrogen-bond acceptors (Lipinski definition) is 2. The van der Waals surface area contributed by atoms with E-state index in [4.69, 9.17) is 9.84 Å². The molecule has 0 saturated carbocycles. The van der Waals surface area contributed by atoms with E-state index in [1.807, 2.05) is 23.0 Å². The summed E-state index contributed by atoms with van der Waals surface area (Å²) in [5.41, 5.74) is 12.1. The molecule has 2 aromatic heterocycles. The van der Waals surface area contributed by atoms with Crippen LogP contribution in [0.25, 0.3) is 50.3 Å². The van der Waals surface area contributed by atoms with Gasteiger partial charge in [-0.05, 0) is 0 Å². The van der Waals surface area contributed by atoms with Crippen molar-refractivity contribution >= 4 is 11.0 Å². The molecule has 5 aromatic carbocycles. The van der Waals surface area contributed by atoms with E-state index in [9.17, 15) is 0 Å². The maximum atomic E-state index is 6.59. The zero-order valence-corrected chi connectivity index (χ0v) is 28.2. The van der Waals surface area contributed by atoms with Crippen LogP contribution >= 0.6 is 0 Å². The van der Waals surface area contributed by atoms with Gasteiger partial charge in [0.25, 0.3) is 0 Å². The van der Waals surface area contributed by atoms with Crippen molar-refractivity contribution in [2.75, 3.05) is 0 Å². The Hall–Kier alpha value is -4.73. The van der Waals surface area contributed by atoms with Gasteiger partial charge in [0.1, 0.15) is 0 Å². The van der Waals surface area contributed by atoms with E-state index in [1.165, 1.54) is 27.9 Å². The normalized spacial score (nSPS) is 15.0. The van der Waals surface area contributed by atoms with Crippen molar-refractivity contribution in [3.63, 3.8) is 0 Å². The number of rotatable bonds is 3. The monoisotopic (exact) mass is 777 g/mol. The van der Waals surface area contributed by atoms with Gasteiger partial charge in [-0.15, -0.1) is 0 Å². The van der Waals surface area contributed by atoms with Crippen LogP contribution in [0.1, 0.15) is 39.0 Å². The van der Waals surface area contributed by atoms with Gasteiger partial charge in [-0.3, -0.25) is 0 Å². The molecular formula is C40H30N4OPt-2. The van der Waals surface area contributed by atoms with Gasteiger partial charge in [-0.1, -0.05) is 13.8 Å². The average molecular weight is 778 g/mol. The number of hydrogen-bond donors (Lipinski definition) is 0. The van der Waals surface area contributed by atoms with Crippen molar-refractivity contribution < 1.29 is 24.1 Å². The van der Waals surface area contributed by atoms with Crippen molar-refractivity contribution in [1.29, 1.82) is 0 Å². The first kappa shape index (κ1) is 27.6. The number of ether oxygens (including phenoxy) is 1. The van der Waals surface area contributed by atoms with Crippen molar-refractivity contribution in [2.45, 2.75) is 38.5 Å². The predicted molar refractivity (Wildman–Crippen MR) is 178 cm³/mol. The fraction of sp³-hybridized carbons (Fsp3) is 0.150. The first-order chi connectivity index (χ1) is 22.3. The summed E-state index contributed by atoms with van der Waals surface area (Å²) in [6, 6.07) is 43.5. The van der Waals surface area contributed by atoms with Crippen LogP contribution in [0.4, 0.5) is 0 Å². The van der Waals surface area contributed by atoms with Crippen LogP contribution in [0, 0.1) is 15.9 Å². The van der Waals surface area contributed by atoms with Crippen molar-refractivity contribution in [2.24, 2.45) is 0 Å². The summed E-state index contributed by atoms with van der Waals surface area (Å²) < 4.78 is 14.3. The maximum absolute atomic E-state index is 6.59. The van der Waals surface area contributed by atoms with Crippen LogP contribution in [0.15, 0.2) is 109 Å². The SMILES string of the molecule is CC1(C)c2ccc(Oc3[c-]c4c(cc3)-c3ccccc3-c3cccc5c3n-4[c](=[Pt])n5-c3ccccc3)[c-]c2-n2nccc2C1(C)C. The third-order valence-corrected chi connectivity index (χ3v) is 11.3. The third-order valence-electron chi connectivity index (χ3n) is 10.3. The molecule has 0 aliphatic carbocycles. The summed E-state index contributed by atoms with van der Waals surface area (Å²) in [6.07, 6.45) is 1.88. The van der Waals surface area contributed by atoms with Crippen molar-refractivity contribution in [3.8, 4) is 50.8 Å². The number of fused-ring (bicyclic) bond motifs is 8. The quantitative estimate of drug-likeness (QED) is 0.168. The van der Waals surface area contributed by atoms with Crippen LogP contribution in [0.5, 0.6) is 11.5 Å². The minimum atomic E-state index is -0.116. The predicted octanol–water partition coefficient (Wildman–Crippen LogP) is 9.29. The molecule has 4 heterocycles. The molecular weight excluding hydrogens is 748 g/mol. The minimum Gasteiger partial charge on any atom is -0.0545 e. The van der Waals surface area contributed by atoms with E-state index in [1.54, 1.807) is 0 Å². The Morgan fingerprint density at radius 3 is 2.09 bits per heavy atom. The molecule has 2 aliphatic heterocycles. The van der Waals surface area contributed by atoms with Gasteiger partial charge in [0.05, 0.1) is 0 Å². The molecule has 0 amide bonds. The molecule has 5 nitrogen and oxygen atoms in total. The number of para-hydroxylation sites is 2. The van der Waals surface area contributed by atoms with Crippen LogP contribution in [0.3, 0.4) is 0 Å². The summed E-state index contributed by atoms with van der Waals surface area (Å²) in [7, 11) is 0. The molecule has 0 bridgehead atoms. The van der Waals surface area contributed by atoms with Gasteiger partial charge in [0, 0.05) is 0 Å². The van der Waals surface area contributed by atoms with Crippen molar-refractivity contribution in [3.05, 3.63) is 137 Å². The van der Waals surface area contributed by atoms with Crippen LogP contribution in [-0.4, -0.2) is 18.9 Å². The molecule has 0 unspecified atom stereocenters. The Balaban J connectivity index is 1.24. The molecule has 7 aromatic rings. The number of aromatic nitrogens is 4. The van der Waals surface area contributed by atoms with E-state index in [-0.39, 0.29) is 10.8 Å². The van der Waals surface area contributed by atoms with Gasteiger partial charge >= 0.3 is 266 Å². The van der Waals surface area contributed by atoms with Gasteiger partial charge in [-0.25, -0.2) is 0 Å². The Morgan fingerprint density at radius 2 is 1.30 bits per heavy atom. The summed E-state index contributed by atoms with van der Waals surface area (Å²) in [4.78, 5) is 0. The second-order valence-electron chi connectivity index (χ2n) is 13.1. The Bertz CT molecular complexity index is 2430. The third kappa shape index (κ3) is 3.66. The Kier molecular flexibility index (Phi) is 5.78. The van der Waals surface area contributed by atoms with Gasteiger partial charge in [0.15, 0.2) is 0 Å². The molecule has 0 atom stereocenters. The Morgan fingerprint density at radius 1 is 0.630 bits per heavy atom. The number of nitrogens with zero attached hydrogens (tertiary/aromatic N) is 4. The van der Waals surface area contributed by atoms with Crippen LogP contribution < -0.4 is 4.74 Å². The van der Waals surface area contributed by atoms with Crippen LogP contribution in [0.2, 0.25) is 0 Å². The standard InChI is InChI=1S/C40H30N4O.Pt/c1-39(2)33-20-18-28(24-36(33)44-37(21-22-41-44)40(39,3)4)45-27-17-19-31-29-13-8-9-14-30(29)32-15-10-16-34-38(32)43(35(31)23-27)25-42(34)26-11-6-5-7-12-26;/h5-22H,1-4H3;/q-2;. The molecule has 2 aliphatic rings. The van der Waals surface area contributed by atoms with Crippen molar-refractivity contribution in [1.82, 2.24) is 18.9 Å². The summed E-state index contributed by atoms with van der Waals surface area (Å²) in [6.45, 7) is 9.17. The molecule has 0 spiro atoms. The summed E-state index contributed by atoms with van der Waals surface area (Å²) in [5.74, 6) is 1.26. The summed E-state index contributed by atoms with van der Waals surface area (Å²) in [5, 5.41) is 4.69. The number of imidazole rings is 1.